The molecule has 0 amide bonds. The number of anilines is 2. The Kier molecular flexibility index (Phi) is 9.42. The summed E-state index contributed by atoms with van der Waals surface area (Å²) in [5.74, 6) is 0. The van der Waals surface area contributed by atoms with E-state index in [0.29, 0.717) is 0 Å². The molecule has 1 nitrogen and oxygen atoms in total. The lowest BCUT2D eigenvalue weighted by molar-refractivity contribution is 0.607. The van der Waals surface area contributed by atoms with Crippen molar-refractivity contribution in [2.24, 2.45) is 0 Å². The van der Waals surface area contributed by atoms with Crippen LogP contribution in [0.1, 0.15) is 78.5 Å². The van der Waals surface area contributed by atoms with Crippen LogP contribution in [0.2, 0.25) is 0 Å². The van der Waals surface area contributed by atoms with Gasteiger partial charge in [0.2, 0.25) is 0 Å². The van der Waals surface area contributed by atoms with E-state index in [1.165, 1.54) is 94.9 Å². The monoisotopic (exact) mass is 833 g/mol. The quantitative estimate of drug-likeness (QED) is 0.147. The van der Waals surface area contributed by atoms with E-state index < -0.39 is 5.41 Å². The van der Waals surface area contributed by atoms with Gasteiger partial charge in [0.25, 0.3) is 0 Å². The summed E-state index contributed by atoms with van der Waals surface area (Å²) >= 11 is 0. The lowest BCUT2D eigenvalue weighted by atomic mass is 9.68. The SMILES string of the molecule is CC1(C)C2=C(C=CCC2)c2ccc(-c3ccc(N(C4=CC=C(c5ccc(-c6ccccc6)cc5)CC4)c4ccc5c(c4)-c4ccccc4C5(c4ccccc4)c4ccccc4)cc3)cc21. The van der Waals surface area contributed by atoms with Crippen LogP contribution >= 0.6 is 0 Å². The fraction of sp³-hybridized carbons (Fsp3) is 0.125. The summed E-state index contributed by atoms with van der Waals surface area (Å²) in [4.78, 5) is 2.51. The topological polar surface area (TPSA) is 3.24 Å². The van der Waals surface area contributed by atoms with E-state index in [1.807, 2.05) is 0 Å². The predicted molar refractivity (Wildman–Crippen MR) is 273 cm³/mol. The van der Waals surface area contributed by atoms with Crippen molar-refractivity contribution < 1.29 is 0 Å². The van der Waals surface area contributed by atoms with Crippen LogP contribution in [0, 0.1) is 0 Å². The van der Waals surface area contributed by atoms with Crippen molar-refractivity contribution in [2.75, 3.05) is 4.90 Å². The van der Waals surface area contributed by atoms with Crippen molar-refractivity contribution in [3.05, 3.63) is 275 Å². The molecule has 0 radical (unpaired) electrons. The van der Waals surface area contributed by atoms with Crippen molar-refractivity contribution in [1.82, 2.24) is 0 Å². The summed E-state index contributed by atoms with van der Waals surface area (Å²) in [7, 11) is 0. The summed E-state index contributed by atoms with van der Waals surface area (Å²) < 4.78 is 0. The van der Waals surface area contributed by atoms with Gasteiger partial charge in [-0.3, -0.25) is 0 Å². The van der Waals surface area contributed by atoms with E-state index in [0.717, 1.165) is 31.4 Å². The van der Waals surface area contributed by atoms with Crippen molar-refractivity contribution in [3.8, 4) is 33.4 Å². The van der Waals surface area contributed by atoms with E-state index in [9.17, 15) is 0 Å². The summed E-state index contributed by atoms with van der Waals surface area (Å²) in [5.41, 5.74) is 24.5. The molecule has 4 aliphatic carbocycles. The number of fused-ring (bicyclic) bond motifs is 5. The van der Waals surface area contributed by atoms with Crippen molar-refractivity contribution in [1.29, 1.82) is 0 Å². The molecule has 0 saturated carbocycles. The Bertz CT molecular complexity index is 3190. The second kappa shape index (κ2) is 15.6. The van der Waals surface area contributed by atoms with Crippen LogP contribution < -0.4 is 4.90 Å². The van der Waals surface area contributed by atoms with Crippen LogP contribution in [-0.2, 0) is 10.8 Å². The molecular weight excluding hydrogens is 783 g/mol. The molecule has 8 aromatic rings. The Morgan fingerprint density at radius 3 is 1.71 bits per heavy atom. The second-order valence-corrected chi connectivity index (χ2v) is 18.7. The molecule has 0 heterocycles. The maximum atomic E-state index is 2.51. The van der Waals surface area contributed by atoms with Gasteiger partial charge in [0.1, 0.15) is 0 Å². The fourth-order valence-electron chi connectivity index (χ4n) is 11.6. The molecule has 0 aliphatic heterocycles. The number of hydrogen-bond donors (Lipinski definition) is 0. The van der Waals surface area contributed by atoms with Crippen LogP contribution in [0.3, 0.4) is 0 Å². The molecule has 8 aromatic carbocycles. The molecule has 4 aliphatic rings. The molecule has 0 spiro atoms. The Morgan fingerprint density at radius 1 is 0.415 bits per heavy atom. The van der Waals surface area contributed by atoms with Crippen LogP contribution in [0.25, 0.3) is 44.5 Å². The zero-order valence-corrected chi connectivity index (χ0v) is 37.1. The number of nitrogens with zero attached hydrogens (tertiary/aromatic N) is 1. The van der Waals surface area contributed by atoms with E-state index in [1.54, 1.807) is 5.57 Å². The Balaban J connectivity index is 0.966. The van der Waals surface area contributed by atoms with Crippen LogP contribution in [0.5, 0.6) is 0 Å². The van der Waals surface area contributed by atoms with Crippen LogP contribution in [0.4, 0.5) is 11.4 Å². The molecule has 0 fully saturated rings. The van der Waals surface area contributed by atoms with Crippen LogP contribution in [0.15, 0.2) is 236 Å². The normalized spacial score (nSPS) is 16.2. The van der Waals surface area contributed by atoms with Crippen molar-refractivity contribution in [3.63, 3.8) is 0 Å². The van der Waals surface area contributed by atoms with Gasteiger partial charge in [-0.1, -0.05) is 208 Å². The van der Waals surface area contributed by atoms with Gasteiger partial charge in [0, 0.05) is 22.5 Å². The first-order valence-electron chi connectivity index (χ1n) is 23.4. The minimum atomic E-state index is -0.438. The standard InChI is InChI=1S/C64H51N/c1-63(2)59-24-14-12-22-55(59)57-40-34-49(42-62(57)63)48-32-37-53(38-33-48)65(52-35-30-47(31-36-52)46-28-26-45(27-29-46)44-16-6-3-7-17-44)54-39-41-61-58(43-54)56-23-13-15-25-60(56)64(61,50-18-8-4-9-19-50)51-20-10-5-11-21-51/h3-13,15-23,25-30,32-35,37-43H,14,24,31,36H2,1-2H3. The summed E-state index contributed by atoms with van der Waals surface area (Å²) in [6, 6.07) is 74.7. The van der Waals surface area contributed by atoms with Crippen molar-refractivity contribution in [2.45, 2.75) is 50.4 Å². The van der Waals surface area contributed by atoms with Gasteiger partial charge in [-0.25, -0.2) is 0 Å². The Labute approximate surface area is 384 Å². The first kappa shape index (κ1) is 39.1. The summed E-state index contributed by atoms with van der Waals surface area (Å²) in [6.45, 7) is 4.82. The zero-order chi connectivity index (χ0) is 43.5. The Hall–Kier alpha value is -7.48. The zero-order valence-electron chi connectivity index (χ0n) is 37.1. The highest BCUT2D eigenvalue weighted by Gasteiger charge is 2.46. The molecule has 0 atom stereocenters. The third kappa shape index (κ3) is 6.36. The molecule has 0 N–H and O–H groups in total. The van der Waals surface area contributed by atoms with Crippen LogP contribution in [-0.4, -0.2) is 0 Å². The third-order valence-corrected chi connectivity index (χ3v) is 14.8. The molecule has 312 valence electrons. The minimum Gasteiger partial charge on any atom is -0.314 e. The molecule has 0 bridgehead atoms. The summed E-state index contributed by atoms with van der Waals surface area (Å²) in [5, 5.41) is 0. The third-order valence-electron chi connectivity index (χ3n) is 14.8. The smallest absolute Gasteiger partial charge is 0.0713 e. The van der Waals surface area contributed by atoms with Gasteiger partial charge in [-0.05, 0) is 146 Å². The maximum absolute atomic E-state index is 2.51. The second-order valence-electron chi connectivity index (χ2n) is 18.7. The van der Waals surface area contributed by atoms with Gasteiger partial charge in [0.15, 0.2) is 0 Å². The number of allylic oxidation sites excluding steroid dienone is 8. The average Bonchev–Trinajstić information content (AvgIpc) is 3.80. The van der Waals surface area contributed by atoms with Gasteiger partial charge in [-0.2, -0.15) is 0 Å². The first-order chi connectivity index (χ1) is 32.0. The molecule has 0 unspecified atom stereocenters. The van der Waals surface area contributed by atoms with E-state index in [4.69, 9.17) is 0 Å². The highest BCUT2D eigenvalue weighted by atomic mass is 15.1. The number of rotatable bonds is 8. The lowest BCUT2D eigenvalue weighted by Crippen LogP contribution is -2.28. The molecule has 12 rings (SSSR count). The van der Waals surface area contributed by atoms with E-state index >= 15 is 0 Å². The molecular formula is C64H51N. The number of benzene rings is 8. The molecule has 0 saturated heterocycles. The highest BCUT2D eigenvalue weighted by molar-refractivity contribution is 5.91. The molecule has 65 heavy (non-hydrogen) atoms. The highest BCUT2D eigenvalue weighted by Crippen LogP contribution is 2.57. The largest absolute Gasteiger partial charge is 0.314 e. The van der Waals surface area contributed by atoms with E-state index in [-0.39, 0.29) is 5.41 Å². The lowest BCUT2D eigenvalue weighted by Gasteiger charge is -2.34. The first-order valence-corrected chi connectivity index (χ1v) is 23.4. The maximum Gasteiger partial charge on any atom is 0.0713 e. The molecule has 1 heteroatoms. The molecule has 0 aromatic heterocycles. The van der Waals surface area contributed by atoms with Gasteiger partial charge >= 0.3 is 0 Å². The number of hydrogen-bond acceptors (Lipinski definition) is 1. The fourth-order valence-corrected chi connectivity index (χ4v) is 11.6. The van der Waals surface area contributed by atoms with Gasteiger partial charge in [-0.15, -0.1) is 0 Å². The van der Waals surface area contributed by atoms with Gasteiger partial charge < -0.3 is 4.90 Å². The Morgan fingerprint density at radius 2 is 1.00 bits per heavy atom. The van der Waals surface area contributed by atoms with Gasteiger partial charge in [0.05, 0.1) is 5.41 Å². The van der Waals surface area contributed by atoms with Crippen molar-refractivity contribution >= 4 is 22.5 Å². The predicted octanol–water partition coefficient (Wildman–Crippen LogP) is 16.7. The average molecular weight is 834 g/mol. The minimum absolute atomic E-state index is 0.0384. The van der Waals surface area contributed by atoms with E-state index in [2.05, 4.69) is 243 Å². The summed E-state index contributed by atoms with van der Waals surface area (Å²) in [6.07, 6.45) is 13.6.